The van der Waals surface area contributed by atoms with Crippen molar-refractivity contribution in [3.05, 3.63) is 34.9 Å². The van der Waals surface area contributed by atoms with Gasteiger partial charge in [-0.3, -0.25) is 13.8 Å². The van der Waals surface area contributed by atoms with Crippen molar-refractivity contribution in [1.29, 1.82) is 0 Å². The van der Waals surface area contributed by atoms with Gasteiger partial charge in [0.05, 0.1) is 5.25 Å². The minimum absolute atomic E-state index is 0.169. The Balaban J connectivity index is 2.63. The molecule has 7 heteroatoms. The zero-order valence-electron chi connectivity index (χ0n) is 13.1. The van der Waals surface area contributed by atoms with Crippen molar-refractivity contribution in [2.45, 2.75) is 25.1 Å². The van der Waals surface area contributed by atoms with Crippen LogP contribution in [-0.2, 0) is 20.4 Å². The maximum absolute atomic E-state index is 12.3. The van der Waals surface area contributed by atoms with Gasteiger partial charge in [0.1, 0.15) is 11.8 Å². The average Bonchev–Trinajstić information content (AvgIpc) is 2.45. The molecular formula is C15H21ClN2O3S. The lowest BCUT2D eigenvalue weighted by Crippen LogP contribution is -2.45. The molecule has 0 aliphatic carbocycles. The molecule has 0 spiro atoms. The minimum Gasteiger partial charge on any atom is -0.347 e. The van der Waals surface area contributed by atoms with Crippen LogP contribution in [-0.4, -0.2) is 46.8 Å². The standard InChI is InChI=1S/C15H21ClN2O3S/c1-10(15(20)18(3)4)17-14(19)9-22(21)11(2)12-7-5-6-8-13(12)16/h5-8,10-11H,9H2,1-4H3,(H,17,19)/t10-,11-,22-/m0/s1. The third-order valence-corrected chi connectivity index (χ3v) is 5.13. The van der Waals surface area contributed by atoms with E-state index in [1.807, 2.05) is 6.07 Å². The normalized spacial score (nSPS) is 14.8. The molecule has 0 aliphatic heterocycles. The number of likely N-dealkylation sites (N-methyl/N-ethyl adjacent to an activating group) is 1. The minimum atomic E-state index is -1.42. The van der Waals surface area contributed by atoms with Crippen LogP contribution in [0.2, 0.25) is 5.02 Å². The predicted molar refractivity (Wildman–Crippen MR) is 89.2 cm³/mol. The highest BCUT2D eigenvalue weighted by atomic mass is 35.5. The lowest BCUT2D eigenvalue weighted by atomic mass is 10.2. The number of nitrogens with one attached hydrogen (secondary N) is 1. The van der Waals surface area contributed by atoms with Crippen molar-refractivity contribution < 1.29 is 13.8 Å². The molecule has 1 N–H and O–H groups in total. The van der Waals surface area contributed by atoms with Crippen LogP contribution in [0.1, 0.15) is 24.7 Å². The number of amides is 2. The molecule has 5 nitrogen and oxygen atoms in total. The van der Waals surface area contributed by atoms with Gasteiger partial charge in [0.2, 0.25) is 11.8 Å². The number of carbonyl (C=O) groups excluding carboxylic acids is 2. The second kappa shape index (κ2) is 8.29. The molecule has 0 saturated carbocycles. The summed E-state index contributed by atoms with van der Waals surface area (Å²) >= 11 is 6.08. The molecule has 2 amide bonds. The number of nitrogens with zero attached hydrogens (tertiary/aromatic N) is 1. The highest BCUT2D eigenvalue weighted by Gasteiger charge is 2.22. The van der Waals surface area contributed by atoms with Crippen molar-refractivity contribution >= 4 is 34.2 Å². The second-order valence-electron chi connectivity index (χ2n) is 5.21. The summed E-state index contributed by atoms with van der Waals surface area (Å²) in [6, 6.07) is 6.48. The first kappa shape index (κ1) is 18.6. The second-order valence-corrected chi connectivity index (χ2v) is 7.38. The van der Waals surface area contributed by atoms with Crippen molar-refractivity contribution in [3.8, 4) is 0 Å². The lowest BCUT2D eigenvalue weighted by Gasteiger charge is -2.18. The molecule has 0 radical (unpaired) electrons. The first-order chi connectivity index (χ1) is 10.2. The van der Waals surface area contributed by atoms with Crippen LogP contribution >= 0.6 is 11.6 Å². The summed E-state index contributed by atoms with van der Waals surface area (Å²) in [4.78, 5) is 25.0. The van der Waals surface area contributed by atoms with Gasteiger partial charge in [0.15, 0.2) is 0 Å². The van der Waals surface area contributed by atoms with Gasteiger partial charge >= 0.3 is 0 Å². The Morgan fingerprint density at radius 2 is 1.86 bits per heavy atom. The van der Waals surface area contributed by atoms with Gasteiger partial charge in [0.25, 0.3) is 0 Å². The van der Waals surface area contributed by atoms with E-state index >= 15 is 0 Å². The van der Waals surface area contributed by atoms with E-state index in [9.17, 15) is 13.8 Å². The molecule has 0 fully saturated rings. The van der Waals surface area contributed by atoms with Crippen LogP contribution in [0.4, 0.5) is 0 Å². The lowest BCUT2D eigenvalue weighted by molar-refractivity contribution is -0.133. The summed E-state index contributed by atoms with van der Waals surface area (Å²) in [5, 5.41) is 2.72. The van der Waals surface area contributed by atoms with Gasteiger partial charge in [0, 0.05) is 29.9 Å². The summed E-state index contributed by atoms with van der Waals surface area (Å²) in [6.07, 6.45) is 0. The third-order valence-electron chi connectivity index (χ3n) is 3.20. The Hall–Kier alpha value is -1.40. The zero-order chi connectivity index (χ0) is 16.9. The van der Waals surface area contributed by atoms with E-state index in [2.05, 4.69) is 5.32 Å². The third kappa shape index (κ3) is 5.10. The fourth-order valence-electron chi connectivity index (χ4n) is 1.93. The number of hydrogen-bond acceptors (Lipinski definition) is 3. The van der Waals surface area contributed by atoms with Crippen LogP contribution in [0.5, 0.6) is 0 Å². The van der Waals surface area contributed by atoms with Gasteiger partial charge in [-0.15, -0.1) is 0 Å². The highest BCUT2D eigenvalue weighted by molar-refractivity contribution is 7.86. The molecule has 3 atom stereocenters. The number of halogens is 1. The van der Waals surface area contributed by atoms with Crippen molar-refractivity contribution in [1.82, 2.24) is 10.2 Å². The summed E-state index contributed by atoms with van der Waals surface area (Å²) in [5.41, 5.74) is 0.743. The topological polar surface area (TPSA) is 66.5 Å². The zero-order valence-corrected chi connectivity index (χ0v) is 14.7. The first-order valence-electron chi connectivity index (χ1n) is 6.86. The molecule has 0 heterocycles. The number of carbonyl (C=O) groups is 2. The van der Waals surface area contributed by atoms with E-state index in [0.717, 1.165) is 5.56 Å². The SMILES string of the molecule is C[C@H](NC(=O)C[S@](=O)[C@@H](C)c1ccccc1Cl)C(=O)N(C)C. The van der Waals surface area contributed by atoms with Crippen LogP contribution in [0, 0.1) is 0 Å². The van der Waals surface area contributed by atoms with Gasteiger partial charge in [-0.05, 0) is 25.5 Å². The van der Waals surface area contributed by atoms with Gasteiger partial charge in [-0.2, -0.15) is 0 Å². The van der Waals surface area contributed by atoms with Crippen LogP contribution in [0.15, 0.2) is 24.3 Å². The van der Waals surface area contributed by atoms with Crippen molar-refractivity contribution in [2.24, 2.45) is 0 Å². The molecule has 1 rings (SSSR count). The van der Waals surface area contributed by atoms with Gasteiger partial charge < -0.3 is 10.2 Å². The number of rotatable bonds is 6. The first-order valence-corrected chi connectivity index (χ1v) is 8.62. The summed E-state index contributed by atoms with van der Waals surface area (Å²) in [5.74, 6) is -0.796. The van der Waals surface area contributed by atoms with E-state index in [1.165, 1.54) is 4.90 Å². The summed E-state index contributed by atoms with van der Waals surface area (Å²) in [6.45, 7) is 3.36. The molecule has 0 aromatic heterocycles. The smallest absolute Gasteiger partial charge is 0.244 e. The quantitative estimate of drug-likeness (QED) is 0.854. The Bertz CT molecular complexity index is 578. The van der Waals surface area contributed by atoms with Crippen LogP contribution < -0.4 is 5.32 Å². The molecule has 0 unspecified atom stereocenters. The van der Waals surface area contributed by atoms with Gasteiger partial charge in [-0.1, -0.05) is 29.8 Å². The maximum Gasteiger partial charge on any atom is 0.244 e. The largest absolute Gasteiger partial charge is 0.347 e. The fourth-order valence-corrected chi connectivity index (χ4v) is 3.38. The van der Waals surface area contributed by atoms with Crippen molar-refractivity contribution in [2.75, 3.05) is 19.8 Å². The van der Waals surface area contributed by atoms with Crippen LogP contribution in [0.3, 0.4) is 0 Å². The molecule has 1 aromatic rings. The Kier molecular flexibility index (Phi) is 7.03. The predicted octanol–water partition coefficient (Wildman–Crippen LogP) is 1.74. The summed E-state index contributed by atoms with van der Waals surface area (Å²) < 4.78 is 12.3. The maximum atomic E-state index is 12.3. The number of hydrogen-bond donors (Lipinski definition) is 1. The molecule has 1 aromatic carbocycles. The Morgan fingerprint density at radius 1 is 1.27 bits per heavy atom. The molecule has 0 aliphatic rings. The fraction of sp³-hybridized carbons (Fsp3) is 0.467. The molecule has 122 valence electrons. The molecule has 0 saturated heterocycles. The van der Waals surface area contributed by atoms with E-state index in [-0.39, 0.29) is 16.9 Å². The Labute approximate surface area is 138 Å². The molecule has 0 bridgehead atoms. The monoisotopic (exact) mass is 344 g/mol. The van der Waals surface area contributed by atoms with E-state index < -0.39 is 22.7 Å². The van der Waals surface area contributed by atoms with Gasteiger partial charge in [-0.25, -0.2) is 0 Å². The number of benzene rings is 1. The van der Waals surface area contributed by atoms with Crippen LogP contribution in [0.25, 0.3) is 0 Å². The van der Waals surface area contributed by atoms with E-state index in [1.54, 1.807) is 46.1 Å². The van der Waals surface area contributed by atoms with E-state index in [4.69, 9.17) is 11.6 Å². The van der Waals surface area contributed by atoms with E-state index in [0.29, 0.717) is 5.02 Å². The van der Waals surface area contributed by atoms with Crippen molar-refractivity contribution in [3.63, 3.8) is 0 Å². The Morgan fingerprint density at radius 3 is 2.41 bits per heavy atom. The molecule has 22 heavy (non-hydrogen) atoms. The summed E-state index contributed by atoms with van der Waals surface area (Å²) in [7, 11) is 1.81. The average molecular weight is 345 g/mol. The highest BCUT2D eigenvalue weighted by Crippen LogP contribution is 2.26. The molecular weight excluding hydrogens is 324 g/mol.